The Labute approximate surface area is 119 Å². The van der Waals surface area contributed by atoms with Gasteiger partial charge in [0, 0.05) is 24.9 Å². The van der Waals surface area contributed by atoms with Crippen LogP contribution in [0.15, 0.2) is 18.2 Å². The van der Waals surface area contributed by atoms with E-state index in [-0.39, 0.29) is 11.2 Å². The van der Waals surface area contributed by atoms with E-state index in [1.165, 1.54) is 10.7 Å². The van der Waals surface area contributed by atoms with Crippen LogP contribution in [0, 0.1) is 17.7 Å². The Morgan fingerprint density at radius 2 is 2.10 bits per heavy atom. The number of aliphatic carboxylic acids is 1. The number of hydrogen-bond donors (Lipinski definition) is 1. The van der Waals surface area contributed by atoms with Crippen molar-refractivity contribution in [1.29, 1.82) is 0 Å². The first-order chi connectivity index (χ1) is 9.99. The third-order valence-electron chi connectivity index (χ3n) is 3.98. The molecule has 1 N–H and O–H groups in total. The van der Waals surface area contributed by atoms with Crippen LogP contribution >= 0.6 is 0 Å². The Kier molecular flexibility index (Phi) is 3.12. The van der Waals surface area contributed by atoms with E-state index in [1.807, 2.05) is 0 Å². The van der Waals surface area contributed by atoms with Gasteiger partial charge in [-0.2, -0.15) is 5.10 Å². The van der Waals surface area contributed by atoms with Gasteiger partial charge in [-0.1, -0.05) is 6.07 Å². The van der Waals surface area contributed by atoms with Crippen molar-refractivity contribution in [2.24, 2.45) is 18.9 Å². The quantitative estimate of drug-likeness (QED) is 0.888. The lowest BCUT2D eigenvalue weighted by Gasteiger charge is -2.35. The van der Waals surface area contributed by atoms with Crippen molar-refractivity contribution in [1.82, 2.24) is 9.78 Å². The highest BCUT2D eigenvalue weighted by molar-refractivity contribution is 6.02. The first-order valence-electron chi connectivity index (χ1n) is 6.62. The molecule has 1 amide bonds. The van der Waals surface area contributed by atoms with Crippen molar-refractivity contribution in [3.63, 3.8) is 0 Å². The van der Waals surface area contributed by atoms with Crippen LogP contribution in [0.4, 0.5) is 10.2 Å². The molecule has 0 unspecified atom stereocenters. The smallest absolute Gasteiger partial charge is 0.229 e. The molecule has 2 aromatic rings. The van der Waals surface area contributed by atoms with Crippen molar-refractivity contribution >= 4 is 28.6 Å². The summed E-state index contributed by atoms with van der Waals surface area (Å²) in [6.07, 6.45) is 0.912. The maximum Gasteiger partial charge on any atom is 0.229 e. The van der Waals surface area contributed by atoms with Crippen LogP contribution in [0.3, 0.4) is 0 Å². The van der Waals surface area contributed by atoms with Crippen LogP contribution in [0.25, 0.3) is 10.9 Å². The van der Waals surface area contributed by atoms with Crippen LogP contribution < -0.4 is 10.4 Å². The minimum Gasteiger partial charge on any atom is -0.550 e. The van der Waals surface area contributed by atoms with E-state index in [0.717, 1.165) is 0 Å². The van der Waals surface area contributed by atoms with E-state index in [0.29, 0.717) is 18.4 Å². The first-order valence-corrected chi connectivity index (χ1v) is 6.62. The normalized spacial score (nSPS) is 21.0. The van der Waals surface area contributed by atoms with Gasteiger partial charge in [0.1, 0.15) is 5.82 Å². The molecule has 1 saturated carbocycles. The van der Waals surface area contributed by atoms with Gasteiger partial charge < -0.3 is 15.2 Å². The highest BCUT2D eigenvalue weighted by Gasteiger charge is 2.37. The van der Waals surface area contributed by atoms with Crippen molar-refractivity contribution in [2.75, 3.05) is 5.32 Å². The molecule has 2 atom stereocenters. The largest absolute Gasteiger partial charge is 0.550 e. The summed E-state index contributed by atoms with van der Waals surface area (Å²) in [5.41, 5.74) is 0.551. The standard InChI is InChI=1S/C14H14FN3O3/c1-18-10-4-2-3-9(15)11(10)12(17-18)16-13(19)7-5-6-8(7)14(20)21/h2-4,7-8H,5-6H2,1H3,(H,20,21)(H,16,17,19)/p-1/t7-,8+/m0/s1. The summed E-state index contributed by atoms with van der Waals surface area (Å²) in [7, 11) is 1.64. The molecule has 6 nitrogen and oxygen atoms in total. The van der Waals surface area contributed by atoms with Crippen molar-refractivity contribution in [3.05, 3.63) is 24.0 Å². The molecule has 1 heterocycles. The summed E-state index contributed by atoms with van der Waals surface area (Å²) in [6, 6.07) is 4.53. The molecule has 1 aliphatic rings. The predicted octanol–water partition coefficient (Wildman–Crippen LogP) is 0.427. The molecule has 1 fully saturated rings. The maximum absolute atomic E-state index is 13.9. The molecule has 1 aromatic carbocycles. The van der Waals surface area contributed by atoms with Gasteiger partial charge in [-0.15, -0.1) is 0 Å². The molecule has 3 rings (SSSR count). The van der Waals surface area contributed by atoms with Crippen LogP contribution in [0.2, 0.25) is 0 Å². The first kappa shape index (κ1) is 13.5. The third kappa shape index (κ3) is 2.14. The molecule has 0 radical (unpaired) electrons. The average Bonchev–Trinajstić information content (AvgIpc) is 2.65. The summed E-state index contributed by atoms with van der Waals surface area (Å²) < 4.78 is 15.4. The fraction of sp³-hybridized carbons (Fsp3) is 0.357. The van der Waals surface area contributed by atoms with Crippen LogP contribution in [0.1, 0.15) is 12.8 Å². The second-order valence-electron chi connectivity index (χ2n) is 5.20. The van der Waals surface area contributed by atoms with Crippen LogP contribution in [-0.4, -0.2) is 21.7 Å². The summed E-state index contributed by atoms with van der Waals surface area (Å²) in [5, 5.41) is 17.7. The van der Waals surface area contributed by atoms with Gasteiger partial charge in [0.25, 0.3) is 0 Å². The molecule has 1 aliphatic carbocycles. The van der Waals surface area contributed by atoms with Crippen molar-refractivity contribution in [3.8, 4) is 0 Å². The van der Waals surface area contributed by atoms with Gasteiger partial charge in [-0.3, -0.25) is 9.48 Å². The highest BCUT2D eigenvalue weighted by Crippen LogP contribution is 2.35. The molecule has 0 saturated heterocycles. The number of rotatable bonds is 3. The number of carboxylic acid groups (broad SMARTS) is 1. The number of carboxylic acids is 1. The Hall–Kier alpha value is -2.44. The van der Waals surface area contributed by atoms with Crippen LogP contribution in [0.5, 0.6) is 0 Å². The molecular formula is C14H13FN3O3-. The molecule has 0 aliphatic heterocycles. The highest BCUT2D eigenvalue weighted by atomic mass is 19.1. The Morgan fingerprint density at radius 3 is 2.71 bits per heavy atom. The van der Waals surface area contributed by atoms with Gasteiger partial charge in [0.05, 0.1) is 10.9 Å². The van der Waals surface area contributed by atoms with E-state index in [4.69, 9.17) is 0 Å². The number of carbonyl (C=O) groups excluding carboxylic acids is 2. The van der Waals surface area contributed by atoms with E-state index in [1.54, 1.807) is 19.2 Å². The summed E-state index contributed by atoms with van der Waals surface area (Å²) in [5.74, 6) is -3.47. The zero-order chi connectivity index (χ0) is 15.1. The summed E-state index contributed by atoms with van der Waals surface area (Å²) in [6.45, 7) is 0. The zero-order valence-electron chi connectivity index (χ0n) is 11.3. The second kappa shape index (κ2) is 4.83. The second-order valence-corrected chi connectivity index (χ2v) is 5.20. The number of amides is 1. The summed E-state index contributed by atoms with van der Waals surface area (Å²) >= 11 is 0. The van der Waals surface area contributed by atoms with E-state index < -0.39 is 29.5 Å². The number of nitrogens with one attached hydrogen (secondary N) is 1. The van der Waals surface area contributed by atoms with Crippen molar-refractivity contribution < 1.29 is 19.1 Å². The number of fused-ring (bicyclic) bond motifs is 1. The monoisotopic (exact) mass is 290 g/mol. The summed E-state index contributed by atoms with van der Waals surface area (Å²) in [4.78, 5) is 22.9. The molecule has 110 valence electrons. The Balaban J connectivity index is 1.89. The van der Waals surface area contributed by atoms with Gasteiger partial charge in [0.2, 0.25) is 5.91 Å². The number of anilines is 1. The predicted molar refractivity (Wildman–Crippen MR) is 70.5 cm³/mol. The lowest BCUT2D eigenvalue weighted by Crippen LogP contribution is -2.46. The van der Waals surface area contributed by atoms with Gasteiger partial charge >= 0.3 is 0 Å². The number of aromatic nitrogens is 2. The van der Waals surface area contributed by atoms with Crippen LogP contribution in [-0.2, 0) is 16.6 Å². The Morgan fingerprint density at radius 1 is 1.38 bits per heavy atom. The average molecular weight is 290 g/mol. The van der Waals surface area contributed by atoms with E-state index in [2.05, 4.69) is 10.4 Å². The van der Waals surface area contributed by atoms with E-state index in [9.17, 15) is 19.1 Å². The van der Waals surface area contributed by atoms with Gasteiger partial charge in [0.15, 0.2) is 5.82 Å². The number of carbonyl (C=O) groups is 2. The zero-order valence-corrected chi connectivity index (χ0v) is 11.3. The van der Waals surface area contributed by atoms with Crippen molar-refractivity contribution in [2.45, 2.75) is 12.8 Å². The fourth-order valence-corrected chi connectivity index (χ4v) is 2.66. The minimum atomic E-state index is -1.22. The minimum absolute atomic E-state index is 0.111. The third-order valence-corrected chi connectivity index (χ3v) is 3.98. The molecule has 0 spiro atoms. The maximum atomic E-state index is 13.9. The van der Waals surface area contributed by atoms with Gasteiger partial charge in [-0.25, -0.2) is 4.39 Å². The lowest BCUT2D eigenvalue weighted by atomic mass is 9.73. The van der Waals surface area contributed by atoms with Gasteiger partial charge in [-0.05, 0) is 25.0 Å². The SMILES string of the molecule is Cn1nc(NC(=O)[C@H]2CC[C@H]2C(=O)[O-])c2c(F)cccc21. The number of hydrogen-bond acceptors (Lipinski definition) is 4. The lowest BCUT2D eigenvalue weighted by molar-refractivity contribution is -0.316. The number of nitrogens with zero attached hydrogens (tertiary/aromatic N) is 2. The number of halogens is 1. The molecular weight excluding hydrogens is 277 g/mol. The fourth-order valence-electron chi connectivity index (χ4n) is 2.66. The molecule has 0 bridgehead atoms. The van der Waals surface area contributed by atoms with E-state index >= 15 is 0 Å². The molecule has 1 aromatic heterocycles. The topological polar surface area (TPSA) is 87.0 Å². The number of aryl methyl sites for hydroxylation is 1. The number of benzene rings is 1. The molecule has 7 heteroatoms. The Bertz CT molecular complexity index is 740. The molecule has 21 heavy (non-hydrogen) atoms.